The van der Waals surface area contributed by atoms with Crippen LogP contribution in [-0.4, -0.2) is 63.7 Å². The lowest BCUT2D eigenvalue weighted by atomic mass is 9.45. The molecule has 9 heteroatoms. The summed E-state index contributed by atoms with van der Waals surface area (Å²) in [6.45, 7) is 4.54. The first-order chi connectivity index (χ1) is 17.4. The van der Waals surface area contributed by atoms with Gasteiger partial charge in [0, 0.05) is 30.8 Å². The summed E-state index contributed by atoms with van der Waals surface area (Å²) in [6.07, 6.45) is 5.28. The van der Waals surface area contributed by atoms with Gasteiger partial charge in [-0.2, -0.15) is 0 Å². The number of carbonyl (C=O) groups is 4. The van der Waals surface area contributed by atoms with Gasteiger partial charge in [0.05, 0.1) is 18.1 Å². The number of ether oxygens (including phenoxy) is 2. The van der Waals surface area contributed by atoms with Crippen molar-refractivity contribution < 1.29 is 44.0 Å². The van der Waals surface area contributed by atoms with E-state index in [-0.39, 0.29) is 61.1 Å². The zero-order valence-electron chi connectivity index (χ0n) is 21.8. The van der Waals surface area contributed by atoms with Gasteiger partial charge in [-0.3, -0.25) is 19.2 Å². The lowest BCUT2D eigenvalue weighted by Gasteiger charge is -2.60. The van der Waals surface area contributed by atoms with Crippen LogP contribution in [0.3, 0.4) is 0 Å². The quantitative estimate of drug-likeness (QED) is 0.325. The molecule has 204 valence electrons. The Hall–Kier alpha value is -2.36. The second-order valence-corrected chi connectivity index (χ2v) is 11.6. The van der Waals surface area contributed by atoms with E-state index in [0.29, 0.717) is 32.1 Å². The molecule has 37 heavy (non-hydrogen) atoms. The summed E-state index contributed by atoms with van der Waals surface area (Å²) in [5.74, 6) is -2.03. The number of esters is 2. The van der Waals surface area contributed by atoms with Crippen LogP contribution in [0.4, 0.5) is 0 Å². The smallest absolute Gasteiger partial charge is 0.310 e. The van der Waals surface area contributed by atoms with Gasteiger partial charge in [0.15, 0.2) is 11.6 Å². The SMILES string of the molecule is CC(=O)OCCCCC(=O)OC1=CC(=O)C=C2CC[C@@H]3[C@H]([C@@H](O)C[C@@]4(C)[C@H]3CC[C@]4(O)C(=O)CO)[C@]21C. The normalized spacial score (nSPS) is 38.5. The first kappa shape index (κ1) is 27.7. The number of fused-ring (bicyclic) bond motifs is 5. The van der Waals surface area contributed by atoms with E-state index in [1.165, 1.54) is 13.0 Å². The van der Waals surface area contributed by atoms with Gasteiger partial charge in [-0.15, -0.1) is 0 Å². The summed E-state index contributed by atoms with van der Waals surface area (Å²) in [7, 11) is 0. The lowest BCUT2D eigenvalue weighted by molar-refractivity contribution is -0.182. The van der Waals surface area contributed by atoms with Gasteiger partial charge in [0.25, 0.3) is 0 Å². The highest BCUT2D eigenvalue weighted by Gasteiger charge is 2.69. The van der Waals surface area contributed by atoms with Gasteiger partial charge >= 0.3 is 11.9 Å². The van der Waals surface area contributed by atoms with Crippen LogP contribution in [0, 0.1) is 28.6 Å². The second kappa shape index (κ2) is 10.1. The molecule has 0 saturated heterocycles. The number of ketones is 2. The Balaban J connectivity index is 1.57. The standard InChI is InChI=1S/C28H38O9/c1-16(30)36-11-5-4-6-24(34)37-23-13-18(31)12-17-7-8-19-20-9-10-28(35,22(33)15-29)26(20,2)14-21(32)25(19)27(17,23)3/h12-13,19-21,25,29,32,35H,4-11,14-15H2,1-3H3/t19-,20-,21-,25+,26-,27+,28-/m0/s1. The van der Waals surface area contributed by atoms with E-state index in [1.54, 1.807) is 6.08 Å². The number of hydrogen-bond donors (Lipinski definition) is 3. The highest BCUT2D eigenvalue weighted by atomic mass is 16.5. The predicted octanol–water partition coefficient (Wildman–Crippen LogP) is 2.16. The monoisotopic (exact) mass is 518 g/mol. The van der Waals surface area contributed by atoms with Crippen molar-refractivity contribution in [3.63, 3.8) is 0 Å². The van der Waals surface area contributed by atoms with Crippen molar-refractivity contribution in [3.05, 3.63) is 23.5 Å². The third kappa shape index (κ3) is 4.49. The maximum absolute atomic E-state index is 12.7. The Morgan fingerprint density at radius 2 is 1.86 bits per heavy atom. The van der Waals surface area contributed by atoms with E-state index in [0.717, 1.165) is 5.57 Å². The fourth-order valence-corrected chi connectivity index (χ4v) is 7.89. The summed E-state index contributed by atoms with van der Waals surface area (Å²) < 4.78 is 10.7. The third-order valence-corrected chi connectivity index (χ3v) is 9.70. The molecule has 9 nitrogen and oxygen atoms in total. The molecule has 3 saturated carbocycles. The highest BCUT2D eigenvalue weighted by Crippen LogP contribution is 2.68. The molecule has 3 fully saturated rings. The Kier molecular flexibility index (Phi) is 7.53. The molecule has 7 atom stereocenters. The van der Waals surface area contributed by atoms with Crippen molar-refractivity contribution in [2.75, 3.05) is 13.2 Å². The largest absolute Gasteiger partial charge is 0.466 e. The molecule has 0 unspecified atom stereocenters. The van der Waals surface area contributed by atoms with E-state index < -0.39 is 40.9 Å². The van der Waals surface area contributed by atoms with E-state index in [4.69, 9.17) is 9.47 Å². The molecule has 0 radical (unpaired) electrons. The minimum Gasteiger partial charge on any atom is -0.466 e. The lowest BCUT2D eigenvalue weighted by Crippen LogP contribution is -2.62. The molecule has 3 N–H and O–H groups in total. The molecule has 0 aromatic rings. The molecule has 4 aliphatic carbocycles. The van der Waals surface area contributed by atoms with Gasteiger partial charge < -0.3 is 24.8 Å². The zero-order valence-corrected chi connectivity index (χ0v) is 21.8. The fraction of sp³-hybridized carbons (Fsp3) is 0.714. The molecule has 0 aromatic carbocycles. The van der Waals surface area contributed by atoms with Crippen LogP contribution >= 0.6 is 0 Å². The van der Waals surface area contributed by atoms with Crippen LogP contribution in [0.15, 0.2) is 23.5 Å². The summed E-state index contributed by atoms with van der Waals surface area (Å²) in [5.41, 5.74) is -2.65. The van der Waals surface area contributed by atoms with E-state index in [1.807, 2.05) is 13.8 Å². The Bertz CT molecular complexity index is 1040. The van der Waals surface area contributed by atoms with Crippen molar-refractivity contribution in [3.8, 4) is 0 Å². The summed E-state index contributed by atoms with van der Waals surface area (Å²) in [5, 5.41) is 32.5. The maximum Gasteiger partial charge on any atom is 0.310 e. The average Bonchev–Trinajstić information content (AvgIpc) is 3.09. The highest BCUT2D eigenvalue weighted by molar-refractivity contribution is 6.02. The molecule has 0 heterocycles. The number of hydrogen-bond acceptors (Lipinski definition) is 9. The molecule has 0 amide bonds. The number of aliphatic hydroxyl groups excluding tert-OH is 2. The molecule has 4 rings (SSSR count). The van der Waals surface area contributed by atoms with Crippen molar-refractivity contribution in [2.24, 2.45) is 28.6 Å². The minimum atomic E-state index is -1.70. The minimum absolute atomic E-state index is 0.0735. The number of allylic oxidation sites excluding steroid dienone is 3. The Morgan fingerprint density at radius 3 is 2.54 bits per heavy atom. The Morgan fingerprint density at radius 1 is 1.14 bits per heavy atom. The maximum atomic E-state index is 12.7. The van der Waals surface area contributed by atoms with Gasteiger partial charge in [-0.05, 0) is 69.8 Å². The van der Waals surface area contributed by atoms with Crippen molar-refractivity contribution in [1.82, 2.24) is 0 Å². The van der Waals surface area contributed by atoms with Crippen LogP contribution in [0.2, 0.25) is 0 Å². The number of rotatable bonds is 8. The van der Waals surface area contributed by atoms with Crippen molar-refractivity contribution >= 4 is 23.5 Å². The van der Waals surface area contributed by atoms with Gasteiger partial charge in [-0.25, -0.2) is 0 Å². The van der Waals surface area contributed by atoms with E-state index >= 15 is 0 Å². The van der Waals surface area contributed by atoms with Gasteiger partial charge in [0.2, 0.25) is 0 Å². The molecule has 0 aromatic heterocycles. The predicted molar refractivity (Wildman–Crippen MR) is 131 cm³/mol. The van der Waals surface area contributed by atoms with Crippen LogP contribution in [0.1, 0.15) is 72.1 Å². The van der Waals surface area contributed by atoms with Crippen LogP contribution in [0.5, 0.6) is 0 Å². The van der Waals surface area contributed by atoms with Gasteiger partial charge in [-0.1, -0.05) is 12.5 Å². The molecule has 0 spiro atoms. The van der Waals surface area contributed by atoms with Crippen LogP contribution in [0.25, 0.3) is 0 Å². The molecular weight excluding hydrogens is 480 g/mol. The summed E-state index contributed by atoms with van der Waals surface area (Å²) in [4.78, 5) is 48.8. The third-order valence-electron chi connectivity index (χ3n) is 9.70. The molecular formula is C28H38O9. The molecule has 4 aliphatic rings. The first-order valence-electron chi connectivity index (χ1n) is 13.2. The molecule has 0 bridgehead atoms. The molecule has 0 aliphatic heterocycles. The van der Waals surface area contributed by atoms with E-state index in [2.05, 4.69) is 0 Å². The average molecular weight is 519 g/mol. The Labute approximate surface area is 216 Å². The van der Waals surface area contributed by atoms with Crippen molar-refractivity contribution in [1.29, 1.82) is 0 Å². The zero-order chi connectivity index (χ0) is 27.2. The fourth-order valence-electron chi connectivity index (χ4n) is 7.89. The topological polar surface area (TPSA) is 147 Å². The van der Waals surface area contributed by atoms with Crippen LogP contribution < -0.4 is 0 Å². The van der Waals surface area contributed by atoms with E-state index in [9.17, 15) is 34.5 Å². The van der Waals surface area contributed by atoms with Crippen molar-refractivity contribution in [2.45, 2.75) is 83.8 Å². The number of Topliss-reactive ketones (excluding diaryl/α,β-unsaturated/α-hetero) is 1. The second-order valence-electron chi connectivity index (χ2n) is 11.6. The number of unbranched alkanes of at least 4 members (excludes halogenated alkanes) is 1. The summed E-state index contributed by atoms with van der Waals surface area (Å²) >= 11 is 0. The first-order valence-corrected chi connectivity index (χ1v) is 13.2. The van der Waals surface area contributed by atoms with Gasteiger partial charge in [0.1, 0.15) is 18.0 Å². The number of carbonyl (C=O) groups excluding carboxylic acids is 4. The van der Waals surface area contributed by atoms with Crippen LogP contribution in [-0.2, 0) is 28.7 Å². The number of aliphatic hydroxyl groups is 3. The summed E-state index contributed by atoms with van der Waals surface area (Å²) in [6, 6.07) is 0.